The number of nitrogens with zero attached hydrogens (tertiary/aromatic N) is 3. The molecule has 4 rings (SSSR count). The predicted molar refractivity (Wildman–Crippen MR) is 142 cm³/mol. The normalized spacial score (nSPS) is 29.2. The zero-order chi connectivity index (χ0) is 23.0. The van der Waals surface area contributed by atoms with Gasteiger partial charge in [0.05, 0.1) is 20.0 Å². The van der Waals surface area contributed by atoms with Crippen molar-refractivity contribution in [3.63, 3.8) is 0 Å². The van der Waals surface area contributed by atoms with Gasteiger partial charge >= 0.3 is 0 Å². The van der Waals surface area contributed by atoms with E-state index in [2.05, 4.69) is 35.5 Å². The SMILES string of the molecule is CCC(C1CCCCC1)N1CN(C(CC)C2CCCCC2)CN(C(CC)C2CCCCC2)C1. The highest BCUT2D eigenvalue weighted by atomic mass is 15.5. The highest BCUT2D eigenvalue weighted by molar-refractivity contribution is 4.90. The van der Waals surface area contributed by atoms with E-state index < -0.39 is 0 Å². The van der Waals surface area contributed by atoms with Gasteiger partial charge in [0.1, 0.15) is 0 Å². The Morgan fingerprint density at radius 2 is 0.667 bits per heavy atom. The number of rotatable bonds is 9. The van der Waals surface area contributed by atoms with Gasteiger partial charge < -0.3 is 0 Å². The van der Waals surface area contributed by atoms with E-state index in [4.69, 9.17) is 0 Å². The summed E-state index contributed by atoms with van der Waals surface area (Å²) in [5.41, 5.74) is 0. The molecule has 3 aliphatic carbocycles. The molecular weight excluding hydrogens is 402 g/mol. The van der Waals surface area contributed by atoms with E-state index in [9.17, 15) is 0 Å². The van der Waals surface area contributed by atoms with E-state index in [0.29, 0.717) is 0 Å². The van der Waals surface area contributed by atoms with E-state index in [-0.39, 0.29) is 0 Å². The maximum Gasteiger partial charge on any atom is 0.0536 e. The Morgan fingerprint density at radius 3 is 0.879 bits per heavy atom. The van der Waals surface area contributed by atoms with Crippen molar-refractivity contribution in [2.24, 2.45) is 17.8 Å². The van der Waals surface area contributed by atoms with Crippen LogP contribution < -0.4 is 0 Å². The van der Waals surface area contributed by atoms with Crippen molar-refractivity contribution in [3.8, 4) is 0 Å². The molecule has 192 valence electrons. The van der Waals surface area contributed by atoms with Crippen LogP contribution >= 0.6 is 0 Å². The molecule has 3 nitrogen and oxygen atoms in total. The van der Waals surface area contributed by atoms with Gasteiger partial charge in [-0.3, -0.25) is 14.7 Å². The van der Waals surface area contributed by atoms with E-state index in [1.54, 1.807) is 0 Å². The molecular formula is C30H57N3. The smallest absolute Gasteiger partial charge is 0.0536 e. The van der Waals surface area contributed by atoms with Crippen LogP contribution in [0.4, 0.5) is 0 Å². The van der Waals surface area contributed by atoms with Crippen molar-refractivity contribution in [1.82, 2.24) is 14.7 Å². The largest absolute Gasteiger partial charge is 0.274 e. The van der Waals surface area contributed by atoms with E-state index in [1.807, 2.05) is 0 Å². The first-order valence-corrected chi connectivity index (χ1v) is 15.5. The van der Waals surface area contributed by atoms with Gasteiger partial charge in [-0.25, -0.2) is 0 Å². The summed E-state index contributed by atoms with van der Waals surface area (Å²) in [6.07, 6.45) is 26.2. The lowest BCUT2D eigenvalue weighted by Gasteiger charge is -2.54. The number of hydrogen-bond acceptors (Lipinski definition) is 3. The molecule has 3 saturated carbocycles. The van der Waals surface area contributed by atoms with Gasteiger partial charge in [-0.15, -0.1) is 0 Å². The molecule has 3 atom stereocenters. The standard InChI is InChI=1S/C30H57N3/c1-4-28(25-16-10-7-11-17-25)31-22-32(29(5-2)26-18-12-8-13-19-26)24-33(23-31)30(6-3)27-20-14-9-15-21-27/h25-30H,4-24H2,1-3H3. The van der Waals surface area contributed by atoms with E-state index in [0.717, 1.165) is 35.9 Å². The maximum absolute atomic E-state index is 2.98. The van der Waals surface area contributed by atoms with Crippen LogP contribution in [0.25, 0.3) is 0 Å². The lowest BCUT2D eigenvalue weighted by Crippen LogP contribution is -2.64. The van der Waals surface area contributed by atoms with Crippen LogP contribution in [0.2, 0.25) is 0 Å². The molecule has 4 aliphatic rings. The molecule has 3 heteroatoms. The first kappa shape index (κ1) is 26.0. The van der Waals surface area contributed by atoms with Gasteiger partial charge in [0, 0.05) is 18.1 Å². The van der Waals surface area contributed by atoms with Crippen molar-refractivity contribution in [1.29, 1.82) is 0 Å². The predicted octanol–water partition coefficient (Wildman–Crippen LogP) is 7.86. The Kier molecular flexibility index (Phi) is 10.4. The van der Waals surface area contributed by atoms with Gasteiger partial charge in [-0.1, -0.05) is 78.6 Å². The average Bonchev–Trinajstić information content (AvgIpc) is 2.87. The number of hydrogen-bond donors (Lipinski definition) is 0. The first-order chi connectivity index (χ1) is 16.2. The molecule has 0 spiro atoms. The van der Waals surface area contributed by atoms with Crippen molar-refractivity contribution < 1.29 is 0 Å². The molecule has 0 aromatic rings. The van der Waals surface area contributed by atoms with Gasteiger partial charge in [0.2, 0.25) is 0 Å². The molecule has 1 heterocycles. The third-order valence-corrected chi connectivity index (χ3v) is 10.3. The zero-order valence-corrected chi connectivity index (χ0v) is 22.7. The fraction of sp³-hybridized carbons (Fsp3) is 1.00. The first-order valence-electron chi connectivity index (χ1n) is 15.5. The quantitative estimate of drug-likeness (QED) is 0.347. The van der Waals surface area contributed by atoms with Gasteiger partial charge in [-0.05, 0) is 75.5 Å². The molecule has 0 N–H and O–H groups in total. The lowest BCUT2D eigenvalue weighted by atomic mass is 9.80. The van der Waals surface area contributed by atoms with Crippen LogP contribution in [0.1, 0.15) is 136 Å². The van der Waals surface area contributed by atoms with Crippen LogP contribution in [0.5, 0.6) is 0 Å². The summed E-state index contributed by atoms with van der Waals surface area (Å²) in [5.74, 6) is 2.82. The van der Waals surface area contributed by atoms with Crippen molar-refractivity contribution in [3.05, 3.63) is 0 Å². The van der Waals surface area contributed by atoms with Crippen molar-refractivity contribution >= 4 is 0 Å². The molecule has 0 amide bonds. The van der Waals surface area contributed by atoms with Crippen LogP contribution in [-0.4, -0.2) is 52.8 Å². The average molecular weight is 460 g/mol. The second-order valence-corrected chi connectivity index (χ2v) is 12.3. The molecule has 0 aromatic carbocycles. The van der Waals surface area contributed by atoms with Gasteiger partial charge in [-0.2, -0.15) is 0 Å². The fourth-order valence-corrected chi connectivity index (χ4v) is 8.69. The Labute approximate surface area is 207 Å². The fourth-order valence-electron chi connectivity index (χ4n) is 8.69. The summed E-state index contributed by atoms with van der Waals surface area (Å²) in [7, 11) is 0. The monoisotopic (exact) mass is 459 g/mol. The molecule has 4 fully saturated rings. The molecule has 33 heavy (non-hydrogen) atoms. The molecule has 1 aliphatic heterocycles. The minimum Gasteiger partial charge on any atom is -0.274 e. The van der Waals surface area contributed by atoms with E-state index in [1.165, 1.54) is 136 Å². The van der Waals surface area contributed by atoms with Crippen LogP contribution in [0.15, 0.2) is 0 Å². The Balaban J connectivity index is 1.54. The Morgan fingerprint density at radius 1 is 0.424 bits per heavy atom. The third-order valence-electron chi connectivity index (χ3n) is 10.3. The summed E-state index contributed by atoms with van der Waals surface area (Å²) in [5, 5.41) is 0. The van der Waals surface area contributed by atoms with Crippen molar-refractivity contribution in [2.45, 2.75) is 154 Å². The highest BCUT2D eigenvalue weighted by Crippen LogP contribution is 2.37. The minimum absolute atomic E-state index is 0.795. The molecule has 3 unspecified atom stereocenters. The zero-order valence-electron chi connectivity index (χ0n) is 22.7. The summed E-state index contributed by atoms with van der Waals surface area (Å²) in [6, 6.07) is 2.38. The minimum atomic E-state index is 0.795. The summed E-state index contributed by atoms with van der Waals surface area (Å²) in [4.78, 5) is 8.95. The van der Waals surface area contributed by atoms with Gasteiger partial charge in [0.25, 0.3) is 0 Å². The highest BCUT2D eigenvalue weighted by Gasteiger charge is 2.40. The second kappa shape index (κ2) is 13.3. The topological polar surface area (TPSA) is 9.72 Å². The maximum atomic E-state index is 2.98. The van der Waals surface area contributed by atoms with Gasteiger partial charge in [0.15, 0.2) is 0 Å². The third kappa shape index (κ3) is 6.56. The molecule has 0 aromatic heterocycles. The second-order valence-electron chi connectivity index (χ2n) is 12.3. The molecule has 0 bridgehead atoms. The lowest BCUT2D eigenvalue weighted by molar-refractivity contribution is -0.117. The Bertz CT molecular complexity index is 451. The van der Waals surface area contributed by atoms with Crippen LogP contribution in [-0.2, 0) is 0 Å². The summed E-state index contributed by atoms with van der Waals surface area (Å²) < 4.78 is 0. The van der Waals surface area contributed by atoms with Crippen LogP contribution in [0.3, 0.4) is 0 Å². The molecule has 1 saturated heterocycles. The summed E-state index contributed by atoms with van der Waals surface area (Å²) in [6.45, 7) is 11.2. The molecule has 0 radical (unpaired) electrons. The summed E-state index contributed by atoms with van der Waals surface area (Å²) >= 11 is 0. The van der Waals surface area contributed by atoms with Crippen LogP contribution in [0, 0.1) is 17.8 Å². The van der Waals surface area contributed by atoms with Crippen molar-refractivity contribution in [2.75, 3.05) is 20.0 Å². The van der Waals surface area contributed by atoms with E-state index >= 15 is 0 Å². The Hall–Kier alpha value is -0.120.